The number of aromatic nitrogens is 4. The lowest BCUT2D eigenvalue weighted by Gasteiger charge is -2.04. The molecule has 0 saturated heterocycles. The first-order valence-corrected chi connectivity index (χ1v) is 5.75. The molecule has 0 aliphatic heterocycles. The molecule has 0 aromatic carbocycles. The Bertz CT molecular complexity index is 449. The molecule has 0 radical (unpaired) electrons. The van der Waals surface area contributed by atoms with Crippen molar-refractivity contribution < 1.29 is 0 Å². The zero-order valence-electron chi connectivity index (χ0n) is 10.2. The summed E-state index contributed by atoms with van der Waals surface area (Å²) in [4.78, 5) is 3.99. The molecule has 2 aromatic heterocycles. The fourth-order valence-electron chi connectivity index (χ4n) is 1.48. The summed E-state index contributed by atoms with van der Waals surface area (Å²) in [5.41, 5.74) is 2.14. The number of nitrogens with one attached hydrogen (secondary N) is 1. The van der Waals surface area contributed by atoms with Crippen LogP contribution in [0.5, 0.6) is 0 Å². The fourth-order valence-corrected chi connectivity index (χ4v) is 1.48. The molecular formula is C12H17N5. The highest BCUT2D eigenvalue weighted by Crippen LogP contribution is 2.01. The Morgan fingerprint density at radius 1 is 1.29 bits per heavy atom. The SMILES string of the molecule is CC(C)NCc1cn(Cc2ccncc2)nn1. The summed E-state index contributed by atoms with van der Waals surface area (Å²) in [5.74, 6) is 0. The molecule has 0 bridgehead atoms. The maximum atomic E-state index is 4.12. The third kappa shape index (κ3) is 3.64. The van der Waals surface area contributed by atoms with E-state index in [2.05, 4.69) is 34.5 Å². The van der Waals surface area contributed by atoms with E-state index in [0.717, 1.165) is 18.8 Å². The van der Waals surface area contributed by atoms with E-state index in [1.807, 2.05) is 23.0 Å². The molecule has 5 nitrogen and oxygen atoms in total. The van der Waals surface area contributed by atoms with E-state index in [9.17, 15) is 0 Å². The normalized spacial score (nSPS) is 11.0. The zero-order chi connectivity index (χ0) is 12.1. The Labute approximate surface area is 101 Å². The number of hydrogen-bond donors (Lipinski definition) is 1. The minimum Gasteiger partial charge on any atom is -0.309 e. The molecule has 2 rings (SSSR count). The summed E-state index contributed by atoms with van der Waals surface area (Å²) in [6.07, 6.45) is 5.54. The second kappa shape index (κ2) is 5.54. The molecule has 0 saturated carbocycles. The summed E-state index contributed by atoms with van der Waals surface area (Å²) < 4.78 is 1.84. The summed E-state index contributed by atoms with van der Waals surface area (Å²) in [5, 5.41) is 11.5. The molecule has 0 amide bonds. The second-order valence-electron chi connectivity index (χ2n) is 4.30. The van der Waals surface area contributed by atoms with Crippen LogP contribution < -0.4 is 5.32 Å². The predicted molar refractivity (Wildman–Crippen MR) is 65.3 cm³/mol. The van der Waals surface area contributed by atoms with Crippen LogP contribution in [0.3, 0.4) is 0 Å². The van der Waals surface area contributed by atoms with Gasteiger partial charge in [-0.15, -0.1) is 5.10 Å². The standard InChI is InChI=1S/C12H17N5/c1-10(2)14-7-12-9-17(16-15-12)8-11-3-5-13-6-4-11/h3-6,9-10,14H,7-8H2,1-2H3. The average molecular weight is 231 g/mol. The zero-order valence-corrected chi connectivity index (χ0v) is 10.2. The predicted octanol–water partition coefficient (Wildman–Crippen LogP) is 1.22. The van der Waals surface area contributed by atoms with Crippen LogP contribution in [0.1, 0.15) is 25.1 Å². The van der Waals surface area contributed by atoms with Gasteiger partial charge in [-0.1, -0.05) is 19.1 Å². The lowest BCUT2D eigenvalue weighted by Crippen LogP contribution is -2.21. The van der Waals surface area contributed by atoms with Crippen molar-refractivity contribution in [3.63, 3.8) is 0 Å². The fraction of sp³-hybridized carbons (Fsp3) is 0.417. The molecule has 90 valence electrons. The minimum absolute atomic E-state index is 0.459. The molecule has 17 heavy (non-hydrogen) atoms. The van der Waals surface area contributed by atoms with Gasteiger partial charge in [0.05, 0.1) is 18.4 Å². The molecule has 2 aromatic rings. The Morgan fingerprint density at radius 2 is 2.06 bits per heavy atom. The quantitative estimate of drug-likeness (QED) is 0.840. The van der Waals surface area contributed by atoms with Crippen molar-refractivity contribution in [1.82, 2.24) is 25.3 Å². The number of pyridine rings is 1. The Kier molecular flexibility index (Phi) is 3.82. The molecule has 0 aliphatic rings. The van der Waals surface area contributed by atoms with Crippen LogP contribution in [0.4, 0.5) is 0 Å². The molecule has 0 spiro atoms. The number of nitrogens with zero attached hydrogens (tertiary/aromatic N) is 4. The maximum absolute atomic E-state index is 4.12. The van der Waals surface area contributed by atoms with Crippen molar-refractivity contribution >= 4 is 0 Å². The van der Waals surface area contributed by atoms with Gasteiger partial charge >= 0.3 is 0 Å². The Hall–Kier alpha value is -1.75. The van der Waals surface area contributed by atoms with Crippen molar-refractivity contribution in [2.75, 3.05) is 0 Å². The summed E-state index contributed by atoms with van der Waals surface area (Å²) in [6.45, 7) is 5.72. The van der Waals surface area contributed by atoms with Gasteiger partial charge in [0.2, 0.25) is 0 Å². The second-order valence-corrected chi connectivity index (χ2v) is 4.30. The van der Waals surface area contributed by atoms with Gasteiger partial charge in [-0.3, -0.25) is 4.98 Å². The molecular weight excluding hydrogens is 214 g/mol. The van der Waals surface area contributed by atoms with Crippen LogP contribution in [0.25, 0.3) is 0 Å². The van der Waals surface area contributed by atoms with Gasteiger partial charge in [0.25, 0.3) is 0 Å². The summed E-state index contributed by atoms with van der Waals surface area (Å²) >= 11 is 0. The van der Waals surface area contributed by atoms with Gasteiger partial charge in [0.15, 0.2) is 0 Å². The molecule has 0 unspecified atom stereocenters. The third-order valence-electron chi connectivity index (χ3n) is 2.37. The first-order chi connectivity index (χ1) is 8.24. The number of rotatable bonds is 5. The molecule has 1 N–H and O–H groups in total. The molecule has 5 heteroatoms. The van der Waals surface area contributed by atoms with Gasteiger partial charge in [0, 0.05) is 25.0 Å². The van der Waals surface area contributed by atoms with Crippen molar-refractivity contribution in [2.45, 2.75) is 33.0 Å². The van der Waals surface area contributed by atoms with Gasteiger partial charge in [0.1, 0.15) is 0 Å². The van der Waals surface area contributed by atoms with Crippen molar-refractivity contribution in [1.29, 1.82) is 0 Å². The molecule has 0 aliphatic carbocycles. The number of hydrogen-bond acceptors (Lipinski definition) is 4. The Balaban J connectivity index is 1.94. The Morgan fingerprint density at radius 3 is 2.76 bits per heavy atom. The van der Waals surface area contributed by atoms with E-state index in [1.54, 1.807) is 12.4 Å². The highest BCUT2D eigenvalue weighted by Gasteiger charge is 2.02. The van der Waals surface area contributed by atoms with E-state index < -0.39 is 0 Å². The van der Waals surface area contributed by atoms with Crippen molar-refractivity contribution in [3.05, 3.63) is 42.0 Å². The van der Waals surface area contributed by atoms with Gasteiger partial charge in [-0.25, -0.2) is 4.68 Å². The molecule has 0 fully saturated rings. The van der Waals surface area contributed by atoms with E-state index >= 15 is 0 Å². The maximum Gasteiger partial charge on any atom is 0.0965 e. The average Bonchev–Trinajstić information content (AvgIpc) is 2.75. The minimum atomic E-state index is 0.459. The monoisotopic (exact) mass is 231 g/mol. The highest BCUT2D eigenvalue weighted by atomic mass is 15.4. The van der Waals surface area contributed by atoms with Gasteiger partial charge < -0.3 is 5.32 Å². The summed E-state index contributed by atoms with van der Waals surface area (Å²) in [6, 6.07) is 4.42. The van der Waals surface area contributed by atoms with Gasteiger partial charge in [-0.05, 0) is 17.7 Å². The van der Waals surface area contributed by atoms with E-state index in [0.29, 0.717) is 6.04 Å². The van der Waals surface area contributed by atoms with Crippen LogP contribution in [-0.2, 0) is 13.1 Å². The van der Waals surface area contributed by atoms with Crippen LogP contribution in [0.15, 0.2) is 30.7 Å². The van der Waals surface area contributed by atoms with Crippen LogP contribution >= 0.6 is 0 Å². The lowest BCUT2D eigenvalue weighted by atomic mass is 10.3. The summed E-state index contributed by atoms with van der Waals surface area (Å²) in [7, 11) is 0. The van der Waals surface area contributed by atoms with E-state index in [4.69, 9.17) is 0 Å². The highest BCUT2D eigenvalue weighted by molar-refractivity contribution is 5.10. The van der Waals surface area contributed by atoms with E-state index in [1.165, 1.54) is 5.56 Å². The first kappa shape index (κ1) is 11.7. The largest absolute Gasteiger partial charge is 0.309 e. The van der Waals surface area contributed by atoms with Crippen LogP contribution in [0.2, 0.25) is 0 Å². The van der Waals surface area contributed by atoms with Gasteiger partial charge in [-0.2, -0.15) is 0 Å². The lowest BCUT2D eigenvalue weighted by molar-refractivity contribution is 0.580. The molecule has 0 atom stereocenters. The third-order valence-corrected chi connectivity index (χ3v) is 2.37. The smallest absolute Gasteiger partial charge is 0.0965 e. The topological polar surface area (TPSA) is 55.6 Å². The van der Waals surface area contributed by atoms with Crippen molar-refractivity contribution in [2.24, 2.45) is 0 Å². The van der Waals surface area contributed by atoms with E-state index in [-0.39, 0.29) is 0 Å². The van der Waals surface area contributed by atoms with Crippen molar-refractivity contribution in [3.8, 4) is 0 Å². The first-order valence-electron chi connectivity index (χ1n) is 5.75. The molecule has 2 heterocycles. The van der Waals surface area contributed by atoms with Crippen LogP contribution in [-0.4, -0.2) is 26.0 Å². The van der Waals surface area contributed by atoms with Crippen LogP contribution in [0, 0.1) is 0 Å².